The first kappa shape index (κ1) is 18.0. The number of hydrogen-bond acceptors (Lipinski definition) is 3. The van der Waals surface area contributed by atoms with Crippen molar-refractivity contribution >= 4 is 40.5 Å². The third-order valence-corrected chi connectivity index (χ3v) is 5.06. The van der Waals surface area contributed by atoms with Crippen molar-refractivity contribution in [2.24, 2.45) is 0 Å². The van der Waals surface area contributed by atoms with E-state index in [-0.39, 0.29) is 5.91 Å². The quantitative estimate of drug-likeness (QED) is 0.664. The molecule has 6 heteroatoms. The van der Waals surface area contributed by atoms with Gasteiger partial charge in [0.25, 0.3) is 5.91 Å². The van der Waals surface area contributed by atoms with Gasteiger partial charge >= 0.3 is 0 Å². The van der Waals surface area contributed by atoms with Crippen LogP contribution in [-0.4, -0.2) is 16.9 Å². The van der Waals surface area contributed by atoms with Crippen molar-refractivity contribution in [1.29, 1.82) is 0 Å². The second kappa shape index (κ2) is 8.54. The zero-order valence-electron chi connectivity index (χ0n) is 13.9. The lowest BCUT2D eigenvalue weighted by molar-refractivity contribution is 0.102. The third-order valence-electron chi connectivity index (χ3n) is 4.43. The third kappa shape index (κ3) is 4.86. The van der Waals surface area contributed by atoms with Gasteiger partial charge in [-0.25, -0.2) is 0 Å². The van der Waals surface area contributed by atoms with E-state index < -0.39 is 0 Å². The monoisotopic (exact) mass is 377 g/mol. The Labute approximate surface area is 157 Å². The van der Waals surface area contributed by atoms with Gasteiger partial charge in [0.05, 0.1) is 27.0 Å². The van der Waals surface area contributed by atoms with Gasteiger partial charge in [0.2, 0.25) is 0 Å². The molecule has 0 radical (unpaired) electrons. The molecule has 2 aromatic rings. The summed E-state index contributed by atoms with van der Waals surface area (Å²) < 4.78 is 0. The highest BCUT2D eigenvalue weighted by atomic mass is 35.5. The van der Waals surface area contributed by atoms with E-state index >= 15 is 0 Å². The number of para-hydroxylation sites is 1. The molecule has 0 saturated heterocycles. The molecule has 3 rings (SSSR count). The zero-order chi connectivity index (χ0) is 17.6. The van der Waals surface area contributed by atoms with E-state index in [0.717, 1.165) is 18.5 Å². The van der Waals surface area contributed by atoms with Crippen LogP contribution in [0.15, 0.2) is 36.7 Å². The molecular weight excluding hydrogens is 357 g/mol. The maximum atomic E-state index is 12.5. The Morgan fingerprint density at radius 2 is 1.72 bits per heavy atom. The van der Waals surface area contributed by atoms with Gasteiger partial charge in [-0.15, -0.1) is 0 Å². The normalized spacial score (nSPS) is 15.4. The molecule has 0 atom stereocenters. The molecule has 0 aliphatic heterocycles. The van der Waals surface area contributed by atoms with Crippen LogP contribution in [0, 0.1) is 0 Å². The number of nitrogens with zero attached hydrogens (tertiary/aromatic N) is 1. The number of benzene rings is 1. The van der Waals surface area contributed by atoms with E-state index in [2.05, 4.69) is 15.6 Å². The Bertz CT molecular complexity index is 723. The summed E-state index contributed by atoms with van der Waals surface area (Å²) in [6.07, 6.45) is 10.7. The summed E-state index contributed by atoms with van der Waals surface area (Å²) in [4.78, 5) is 16.7. The Morgan fingerprint density at radius 3 is 2.40 bits per heavy atom. The zero-order valence-corrected chi connectivity index (χ0v) is 15.4. The molecule has 2 N–H and O–H groups in total. The van der Waals surface area contributed by atoms with E-state index in [1.165, 1.54) is 25.7 Å². The molecular formula is C19H21Cl2N3O. The molecule has 0 spiro atoms. The molecule has 0 unspecified atom stereocenters. The summed E-state index contributed by atoms with van der Waals surface area (Å²) in [5, 5.41) is 7.08. The van der Waals surface area contributed by atoms with Crippen LogP contribution in [0.2, 0.25) is 10.0 Å². The minimum Gasteiger partial charge on any atom is -0.381 e. The average Bonchev–Trinajstić information content (AvgIpc) is 2.87. The maximum absolute atomic E-state index is 12.5. The van der Waals surface area contributed by atoms with Crippen LogP contribution >= 0.6 is 23.2 Å². The van der Waals surface area contributed by atoms with Crippen LogP contribution in [0.25, 0.3) is 0 Å². The number of carbonyl (C=O) groups excluding carboxylic acids is 1. The largest absolute Gasteiger partial charge is 0.381 e. The minimum atomic E-state index is -0.285. The topological polar surface area (TPSA) is 54.0 Å². The molecule has 1 heterocycles. The molecule has 1 aliphatic rings. The van der Waals surface area contributed by atoms with Crippen LogP contribution in [0.1, 0.15) is 48.9 Å². The molecule has 25 heavy (non-hydrogen) atoms. The lowest BCUT2D eigenvalue weighted by Gasteiger charge is -2.18. The molecule has 132 valence electrons. The number of halogens is 2. The van der Waals surface area contributed by atoms with Crippen molar-refractivity contribution in [3.05, 3.63) is 52.3 Å². The smallest absolute Gasteiger partial charge is 0.257 e. The van der Waals surface area contributed by atoms with Crippen molar-refractivity contribution in [3.63, 3.8) is 0 Å². The van der Waals surface area contributed by atoms with Gasteiger partial charge in [-0.2, -0.15) is 0 Å². The second-order valence-corrected chi connectivity index (χ2v) is 7.16. The number of aromatic nitrogens is 1. The van der Waals surface area contributed by atoms with Crippen molar-refractivity contribution in [2.75, 3.05) is 10.6 Å². The van der Waals surface area contributed by atoms with Crippen LogP contribution in [0.5, 0.6) is 0 Å². The van der Waals surface area contributed by atoms with Crippen LogP contribution < -0.4 is 10.6 Å². The number of hydrogen-bond donors (Lipinski definition) is 2. The van der Waals surface area contributed by atoms with Gasteiger partial charge in [-0.05, 0) is 31.0 Å². The summed E-state index contributed by atoms with van der Waals surface area (Å²) in [5.41, 5.74) is 1.75. The first-order chi connectivity index (χ1) is 12.1. The number of rotatable bonds is 4. The van der Waals surface area contributed by atoms with Gasteiger partial charge in [0.15, 0.2) is 0 Å². The molecule has 1 amide bonds. The first-order valence-electron chi connectivity index (χ1n) is 8.60. The lowest BCUT2D eigenvalue weighted by atomic mass is 10.1. The highest BCUT2D eigenvalue weighted by Crippen LogP contribution is 2.30. The van der Waals surface area contributed by atoms with Crippen LogP contribution in [0.3, 0.4) is 0 Å². The summed E-state index contributed by atoms with van der Waals surface area (Å²) in [6.45, 7) is 0. The number of anilines is 2. The van der Waals surface area contributed by atoms with Crippen molar-refractivity contribution in [1.82, 2.24) is 4.98 Å². The summed E-state index contributed by atoms with van der Waals surface area (Å²) in [5.74, 6) is -0.285. The first-order valence-corrected chi connectivity index (χ1v) is 9.36. The highest BCUT2D eigenvalue weighted by Gasteiger charge is 2.15. The summed E-state index contributed by atoms with van der Waals surface area (Å²) >= 11 is 12.2. The molecule has 1 aromatic heterocycles. The fourth-order valence-corrected chi connectivity index (χ4v) is 3.60. The fourth-order valence-electron chi connectivity index (χ4n) is 3.11. The minimum absolute atomic E-state index is 0.285. The maximum Gasteiger partial charge on any atom is 0.257 e. The van der Waals surface area contributed by atoms with Gasteiger partial charge in [-0.1, -0.05) is 55.0 Å². The Balaban J connectivity index is 1.71. The molecule has 1 aromatic carbocycles. The van der Waals surface area contributed by atoms with Gasteiger partial charge in [-0.3, -0.25) is 9.78 Å². The molecule has 1 saturated carbocycles. The van der Waals surface area contributed by atoms with Crippen molar-refractivity contribution in [2.45, 2.75) is 44.6 Å². The van der Waals surface area contributed by atoms with Gasteiger partial charge < -0.3 is 10.6 Å². The Kier molecular flexibility index (Phi) is 6.16. The summed E-state index contributed by atoms with van der Waals surface area (Å²) in [6, 6.07) is 7.37. The second-order valence-electron chi connectivity index (χ2n) is 6.35. The lowest BCUT2D eigenvalue weighted by Crippen LogP contribution is -2.19. The molecule has 0 bridgehead atoms. The van der Waals surface area contributed by atoms with E-state index in [9.17, 15) is 4.79 Å². The van der Waals surface area contributed by atoms with Gasteiger partial charge in [0.1, 0.15) is 0 Å². The molecule has 4 nitrogen and oxygen atoms in total. The highest BCUT2D eigenvalue weighted by molar-refractivity contribution is 6.40. The predicted molar refractivity (Wildman–Crippen MR) is 104 cm³/mol. The summed E-state index contributed by atoms with van der Waals surface area (Å²) in [7, 11) is 0. The number of nitrogens with one attached hydrogen (secondary N) is 2. The van der Waals surface area contributed by atoms with Crippen molar-refractivity contribution in [3.8, 4) is 0 Å². The molecule has 1 aliphatic carbocycles. The molecule has 1 fully saturated rings. The Hall–Kier alpha value is -1.78. The fraction of sp³-hybridized carbons (Fsp3) is 0.368. The number of carbonyl (C=O) groups is 1. The van der Waals surface area contributed by atoms with Crippen LogP contribution in [-0.2, 0) is 0 Å². The van der Waals surface area contributed by atoms with Crippen LogP contribution in [0.4, 0.5) is 11.4 Å². The van der Waals surface area contributed by atoms with E-state index in [1.807, 2.05) is 6.07 Å². The predicted octanol–water partition coefficient (Wildman–Crippen LogP) is 5.78. The number of pyridine rings is 1. The van der Waals surface area contributed by atoms with Crippen molar-refractivity contribution < 1.29 is 4.79 Å². The standard InChI is InChI=1S/C19H21Cl2N3O/c20-16-8-5-9-17(21)18(16)24-19(25)13-10-15(12-22-11-13)23-14-6-3-1-2-4-7-14/h5,8-12,14,23H,1-4,6-7H2,(H,24,25). The number of amides is 1. The SMILES string of the molecule is O=C(Nc1c(Cl)cccc1Cl)c1cncc(NC2CCCCCC2)c1. The van der Waals surface area contributed by atoms with E-state index in [4.69, 9.17) is 23.2 Å². The Morgan fingerprint density at radius 1 is 1.04 bits per heavy atom. The van der Waals surface area contributed by atoms with Gasteiger partial charge in [0, 0.05) is 18.4 Å². The van der Waals surface area contributed by atoms with E-state index in [1.54, 1.807) is 30.6 Å². The average molecular weight is 378 g/mol. The van der Waals surface area contributed by atoms with E-state index in [0.29, 0.717) is 27.3 Å².